The van der Waals surface area contributed by atoms with Crippen LogP contribution < -0.4 is 11.2 Å². The number of nitrogens with one attached hydrogen (secondary N) is 1. The van der Waals surface area contributed by atoms with Gasteiger partial charge in [-0.1, -0.05) is 13.8 Å². The molecule has 0 heterocycles. The SMILES string of the molecule is CC[C@@H](C)/C(C)=N/NC(N)=S. The average Bonchev–Trinajstić information content (AvgIpc) is 1.98. The summed E-state index contributed by atoms with van der Waals surface area (Å²) in [6.07, 6.45) is 1.08. The third-order valence-electron chi connectivity index (χ3n) is 1.67. The standard InChI is InChI=1S/C7H15N3S/c1-4-5(2)6(3)9-10-7(8)11/h5H,4H2,1-3H3,(H3,8,10,11)/b9-6+/t5-/m1/s1. The minimum Gasteiger partial charge on any atom is -0.375 e. The van der Waals surface area contributed by atoms with E-state index in [4.69, 9.17) is 5.73 Å². The van der Waals surface area contributed by atoms with Crippen LogP contribution in [0.3, 0.4) is 0 Å². The van der Waals surface area contributed by atoms with Crippen LogP contribution in [0, 0.1) is 5.92 Å². The van der Waals surface area contributed by atoms with Gasteiger partial charge < -0.3 is 5.73 Å². The van der Waals surface area contributed by atoms with Crippen LogP contribution in [0.4, 0.5) is 0 Å². The molecule has 0 aromatic carbocycles. The summed E-state index contributed by atoms with van der Waals surface area (Å²) in [6.45, 7) is 6.18. The van der Waals surface area contributed by atoms with Crippen LogP contribution in [0.1, 0.15) is 27.2 Å². The molecule has 0 aromatic rings. The molecule has 0 rings (SSSR count). The quantitative estimate of drug-likeness (QED) is 0.383. The van der Waals surface area contributed by atoms with Gasteiger partial charge in [0.25, 0.3) is 0 Å². The van der Waals surface area contributed by atoms with Crippen LogP contribution in [-0.4, -0.2) is 10.8 Å². The van der Waals surface area contributed by atoms with E-state index in [1.54, 1.807) is 0 Å². The molecule has 11 heavy (non-hydrogen) atoms. The summed E-state index contributed by atoms with van der Waals surface area (Å²) in [5, 5.41) is 4.21. The first-order valence-corrected chi connectivity index (χ1v) is 4.08. The van der Waals surface area contributed by atoms with Gasteiger partial charge in [-0.2, -0.15) is 5.10 Å². The fourth-order valence-corrected chi connectivity index (χ4v) is 0.595. The molecule has 0 unspecified atom stereocenters. The first-order chi connectivity index (χ1) is 5.07. The molecule has 0 saturated carbocycles. The van der Waals surface area contributed by atoms with Gasteiger partial charge in [0.1, 0.15) is 0 Å². The van der Waals surface area contributed by atoms with Gasteiger partial charge in [-0.3, -0.25) is 5.43 Å². The number of nitrogens with zero attached hydrogens (tertiary/aromatic N) is 1. The predicted octanol–water partition coefficient (Wildman–Crippen LogP) is 1.24. The lowest BCUT2D eigenvalue weighted by Crippen LogP contribution is -2.26. The molecule has 1 atom stereocenters. The Morgan fingerprint density at radius 1 is 1.73 bits per heavy atom. The lowest BCUT2D eigenvalue weighted by molar-refractivity contribution is 0.727. The van der Waals surface area contributed by atoms with E-state index in [-0.39, 0.29) is 5.11 Å². The highest BCUT2D eigenvalue weighted by Gasteiger charge is 2.01. The highest BCUT2D eigenvalue weighted by Crippen LogP contribution is 2.01. The smallest absolute Gasteiger partial charge is 0.184 e. The largest absolute Gasteiger partial charge is 0.375 e. The zero-order valence-corrected chi connectivity index (χ0v) is 8.03. The molecular weight excluding hydrogens is 158 g/mol. The summed E-state index contributed by atoms with van der Waals surface area (Å²) in [5.74, 6) is 0.483. The summed E-state index contributed by atoms with van der Waals surface area (Å²) in [4.78, 5) is 0. The molecule has 0 fully saturated rings. The first kappa shape index (κ1) is 10.4. The van der Waals surface area contributed by atoms with Gasteiger partial charge >= 0.3 is 0 Å². The monoisotopic (exact) mass is 173 g/mol. The fraction of sp³-hybridized carbons (Fsp3) is 0.714. The first-order valence-electron chi connectivity index (χ1n) is 3.67. The maximum atomic E-state index is 5.20. The van der Waals surface area contributed by atoms with Gasteiger partial charge in [-0.25, -0.2) is 0 Å². The molecule has 0 aliphatic carbocycles. The Morgan fingerprint density at radius 3 is 2.64 bits per heavy atom. The summed E-state index contributed by atoms with van der Waals surface area (Å²) in [5.41, 5.74) is 8.78. The van der Waals surface area contributed by atoms with E-state index in [2.05, 4.69) is 36.6 Å². The van der Waals surface area contributed by atoms with Crippen molar-refractivity contribution >= 4 is 23.0 Å². The molecule has 0 spiro atoms. The molecule has 0 aromatic heterocycles. The third kappa shape index (κ3) is 4.72. The molecule has 0 radical (unpaired) electrons. The van der Waals surface area contributed by atoms with E-state index in [1.165, 1.54) is 0 Å². The van der Waals surface area contributed by atoms with Crippen LogP contribution >= 0.6 is 12.2 Å². The van der Waals surface area contributed by atoms with Gasteiger partial charge in [-0.15, -0.1) is 0 Å². The summed E-state index contributed by atoms with van der Waals surface area (Å²) < 4.78 is 0. The van der Waals surface area contributed by atoms with Crippen LogP contribution in [0.2, 0.25) is 0 Å². The Balaban J connectivity index is 3.89. The third-order valence-corrected chi connectivity index (χ3v) is 1.76. The topological polar surface area (TPSA) is 50.4 Å². The molecule has 0 aliphatic heterocycles. The van der Waals surface area contributed by atoms with Crippen molar-refractivity contribution in [1.82, 2.24) is 5.43 Å². The van der Waals surface area contributed by atoms with Crippen molar-refractivity contribution in [1.29, 1.82) is 0 Å². The normalized spacial score (nSPS) is 14.3. The Bertz CT molecular complexity index is 165. The molecule has 0 bridgehead atoms. The predicted molar refractivity (Wildman–Crippen MR) is 52.5 cm³/mol. The second kappa shape index (κ2) is 5.07. The van der Waals surface area contributed by atoms with Gasteiger partial charge in [0.15, 0.2) is 5.11 Å². The minimum atomic E-state index is 0.215. The molecule has 4 heteroatoms. The Hall–Kier alpha value is -0.640. The van der Waals surface area contributed by atoms with Gasteiger partial charge in [0.2, 0.25) is 0 Å². The summed E-state index contributed by atoms with van der Waals surface area (Å²) >= 11 is 4.60. The van der Waals surface area contributed by atoms with Crippen molar-refractivity contribution in [2.45, 2.75) is 27.2 Å². The lowest BCUT2D eigenvalue weighted by Gasteiger charge is -2.07. The van der Waals surface area contributed by atoms with Crippen LogP contribution in [0.25, 0.3) is 0 Å². The number of hydrogen-bond acceptors (Lipinski definition) is 2. The highest BCUT2D eigenvalue weighted by molar-refractivity contribution is 7.80. The summed E-state index contributed by atoms with van der Waals surface area (Å²) in [6, 6.07) is 0. The van der Waals surface area contributed by atoms with E-state index < -0.39 is 0 Å². The number of thiocarbonyl (C=S) groups is 1. The Labute approximate surface area is 73.0 Å². The summed E-state index contributed by atoms with van der Waals surface area (Å²) in [7, 11) is 0. The van der Waals surface area contributed by atoms with Crippen molar-refractivity contribution < 1.29 is 0 Å². The van der Waals surface area contributed by atoms with Gasteiger partial charge in [-0.05, 0) is 31.5 Å². The number of nitrogens with two attached hydrogens (primary N) is 1. The van der Waals surface area contributed by atoms with Crippen molar-refractivity contribution in [2.75, 3.05) is 0 Å². The average molecular weight is 173 g/mol. The molecule has 0 saturated heterocycles. The van der Waals surface area contributed by atoms with E-state index >= 15 is 0 Å². The lowest BCUT2D eigenvalue weighted by atomic mass is 10.1. The Morgan fingerprint density at radius 2 is 2.27 bits per heavy atom. The van der Waals surface area contributed by atoms with Crippen molar-refractivity contribution in [3.63, 3.8) is 0 Å². The highest BCUT2D eigenvalue weighted by atomic mass is 32.1. The van der Waals surface area contributed by atoms with Crippen LogP contribution in [0.5, 0.6) is 0 Å². The van der Waals surface area contributed by atoms with Gasteiger partial charge in [0.05, 0.1) is 0 Å². The van der Waals surface area contributed by atoms with Crippen LogP contribution in [0.15, 0.2) is 5.10 Å². The van der Waals surface area contributed by atoms with Crippen LogP contribution in [-0.2, 0) is 0 Å². The zero-order chi connectivity index (χ0) is 8.85. The molecule has 64 valence electrons. The number of rotatable bonds is 3. The zero-order valence-electron chi connectivity index (χ0n) is 7.22. The van der Waals surface area contributed by atoms with Gasteiger partial charge in [0, 0.05) is 5.71 Å². The minimum absolute atomic E-state index is 0.215. The van der Waals surface area contributed by atoms with E-state index in [9.17, 15) is 0 Å². The molecule has 3 nitrogen and oxygen atoms in total. The Kier molecular flexibility index (Phi) is 4.77. The number of hydrogen-bond donors (Lipinski definition) is 2. The second-order valence-corrected chi connectivity index (χ2v) is 2.98. The second-order valence-electron chi connectivity index (χ2n) is 2.54. The maximum absolute atomic E-state index is 5.20. The van der Waals surface area contributed by atoms with E-state index in [1.807, 2.05) is 6.92 Å². The molecular formula is C7H15N3S. The maximum Gasteiger partial charge on any atom is 0.184 e. The number of hydrazone groups is 1. The van der Waals surface area contributed by atoms with Crippen molar-refractivity contribution in [3.8, 4) is 0 Å². The fourth-order valence-electron chi connectivity index (χ4n) is 0.549. The molecule has 3 N–H and O–H groups in total. The molecule has 0 amide bonds. The van der Waals surface area contributed by atoms with Crippen molar-refractivity contribution in [3.05, 3.63) is 0 Å². The molecule has 0 aliphatic rings. The van der Waals surface area contributed by atoms with E-state index in [0.29, 0.717) is 5.92 Å². The van der Waals surface area contributed by atoms with Crippen molar-refractivity contribution in [2.24, 2.45) is 16.8 Å². The van der Waals surface area contributed by atoms with E-state index in [0.717, 1.165) is 12.1 Å².